The Kier molecular flexibility index (Phi) is 4.38. The summed E-state index contributed by atoms with van der Waals surface area (Å²) < 4.78 is 0.672. The number of halogens is 3. The molecular weight excluding hydrogens is 337 g/mol. The maximum absolute atomic E-state index is 9.85. The Labute approximate surface area is 124 Å². The summed E-state index contributed by atoms with van der Waals surface area (Å²) in [7, 11) is 0. The molecule has 2 aromatic rings. The lowest BCUT2D eigenvalue weighted by molar-refractivity contribution is 0.465. The monoisotopic (exact) mass is 345 g/mol. The minimum atomic E-state index is 0.234. The molecule has 0 saturated heterocycles. The molecule has 18 heavy (non-hydrogen) atoms. The number of hydrogen-bond donors (Lipinski definition) is 2. The molecule has 0 aliphatic carbocycles. The molecule has 0 bridgehead atoms. The second-order valence-corrected chi connectivity index (χ2v) is 5.49. The molecule has 0 fully saturated rings. The van der Waals surface area contributed by atoms with Crippen LogP contribution in [0.25, 0.3) is 0 Å². The molecule has 0 amide bonds. The molecule has 2 N–H and O–H groups in total. The Morgan fingerprint density at radius 2 is 1.78 bits per heavy atom. The van der Waals surface area contributed by atoms with Gasteiger partial charge in [-0.25, -0.2) is 0 Å². The van der Waals surface area contributed by atoms with E-state index in [1.807, 2.05) is 12.1 Å². The summed E-state index contributed by atoms with van der Waals surface area (Å²) in [5, 5.41) is 14.2. The van der Waals surface area contributed by atoms with Crippen LogP contribution in [0.2, 0.25) is 10.0 Å². The number of aromatic hydroxyl groups is 1. The zero-order valence-electron chi connectivity index (χ0n) is 9.25. The molecule has 0 heterocycles. The minimum absolute atomic E-state index is 0.234. The highest BCUT2D eigenvalue weighted by atomic mass is 79.9. The van der Waals surface area contributed by atoms with E-state index in [0.717, 1.165) is 11.3 Å². The fourth-order valence-electron chi connectivity index (χ4n) is 1.56. The van der Waals surface area contributed by atoms with Crippen LogP contribution in [0.3, 0.4) is 0 Å². The number of phenolic OH excluding ortho intramolecular Hbond substituents is 1. The Bertz CT molecular complexity index is 555. The third-order valence-electron chi connectivity index (χ3n) is 2.42. The maximum atomic E-state index is 9.85. The van der Waals surface area contributed by atoms with Gasteiger partial charge in [-0.3, -0.25) is 0 Å². The van der Waals surface area contributed by atoms with E-state index in [1.165, 1.54) is 0 Å². The van der Waals surface area contributed by atoms with Crippen LogP contribution < -0.4 is 5.32 Å². The van der Waals surface area contributed by atoms with Crippen LogP contribution in [0.5, 0.6) is 5.75 Å². The van der Waals surface area contributed by atoms with Crippen LogP contribution in [0.15, 0.2) is 40.9 Å². The van der Waals surface area contributed by atoms with Gasteiger partial charge in [0.25, 0.3) is 0 Å². The molecule has 0 saturated carbocycles. The van der Waals surface area contributed by atoms with Gasteiger partial charge >= 0.3 is 0 Å². The summed E-state index contributed by atoms with van der Waals surface area (Å²) in [5.41, 5.74) is 1.60. The molecule has 2 aromatic carbocycles. The van der Waals surface area contributed by atoms with Crippen molar-refractivity contribution >= 4 is 44.8 Å². The largest absolute Gasteiger partial charge is 0.506 e. The molecule has 0 radical (unpaired) electrons. The van der Waals surface area contributed by atoms with Gasteiger partial charge in [0.05, 0.1) is 4.47 Å². The average Bonchev–Trinajstić information content (AvgIpc) is 2.30. The topological polar surface area (TPSA) is 32.3 Å². The standard InChI is InChI=1S/C13H10BrCl2NO/c14-12-3-1-2-8(13(12)18)7-17-11-5-9(15)4-10(16)6-11/h1-6,17-18H,7H2. The van der Waals surface area contributed by atoms with Crippen LogP contribution in [0, 0.1) is 0 Å². The Balaban J connectivity index is 2.14. The van der Waals surface area contributed by atoms with E-state index in [-0.39, 0.29) is 5.75 Å². The van der Waals surface area contributed by atoms with Gasteiger partial charge in [0.15, 0.2) is 0 Å². The summed E-state index contributed by atoms with van der Waals surface area (Å²) in [6, 6.07) is 10.7. The average molecular weight is 347 g/mol. The first-order chi connectivity index (χ1) is 8.56. The number of para-hydroxylation sites is 1. The van der Waals surface area contributed by atoms with Gasteiger partial charge in [-0.05, 0) is 40.2 Å². The zero-order valence-corrected chi connectivity index (χ0v) is 12.4. The van der Waals surface area contributed by atoms with Gasteiger partial charge in [0, 0.05) is 27.8 Å². The highest BCUT2D eigenvalue weighted by Crippen LogP contribution is 2.28. The minimum Gasteiger partial charge on any atom is -0.506 e. The fourth-order valence-corrected chi connectivity index (χ4v) is 2.49. The van der Waals surface area contributed by atoms with E-state index >= 15 is 0 Å². The molecule has 5 heteroatoms. The highest BCUT2D eigenvalue weighted by Gasteiger charge is 2.05. The van der Waals surface area contributed by atoms with Gasteiger partial charge in [-0.15, -0.1) is 0 Å². The van der Waals surface area contributed by atoms with Gasteiger partial charge in [-0.1, -0.05) is 35.3 Å². The summed E-state index contributed by atoms with van der Waals surface area (Å²) in [5.74, 6) is 0.234. The lowest BCUT2D eigenvalue weighted by Gasteiger charge is -2.09. The first-order valence-electron chi connectivity index (χ1n) is 5.22. The van der Waals surface area contributed by atoms with Gasteiger partial charge < -0.3 is 10.4 Å². The molecule has 94 valence electrons. The second kappa shape index (κ2) is 5.83. The molecule has 0 aliphatic heterocycles. The first-order valence-corrected chi connectivity index (χ1v) is 6.77. The Morgan fingerprint density at radius 3 is 2.44 bits per heavy atom. The lowest BCUT2D eigenvalue weighted by Crippen LogP contribution is -1.99. The molecule has 2 nitrogen and oxygen atoms in total. The molecule has 0 unspecified atom stereocenters. The smallest absolute Gasteiger partial charge is 0.134 e. The molecule has 0 aliphatic rings. The first kappa shape index (κ1) is 13.5. The molecule has 2 rings (SSSR count). The number of nitrogens with one attached hydrogen (secondary N) is 1. The number of hydrogen-bond acceptors (Lipinski definition) is 2. The number of rotatable bonds is 3. The summed E-state index contributed by atoms with van der Waals surface area (Å²) in [6.45, 7) is 0.488. The van der Waals surface area contributed by atoms with E-state index in [2.05, 4.69) is 21.2 Å². The molecule has 0 atom stereocenters. The fraction of sp³-hybridized carbons (Fsp3) is 0.0769. The van der Waals surface area contributed by atoms with Gasteiger partial charge in [0.1, 0.15) is 5.75 Å². The zero-order chi connectivity index (χ0) is 13.1. The van der Waals surface area contributed by atoms with Crippen molar-refractivity contribution in [3.63, 3.8) is 0 Å². The van der Waals surface area contributed by atoms with E-state index in [1.54, 1.807) is 24.3 Å². The maximum Gasteiger partial charge on any atom is 0.134 e. The van der Waals surface area contributed by atoms with Crippen LogP contribution in [-0.2, 0) is 6.54 Å². The normalized spacial score (nSPS) is 10.4. The Hall–Kier alpha value is -0.900. The molecular formula is C13H10BrCl2NO. The van der Waals surface area contributed by atoms with Crippen molar-refractivity contribution in [3.05, 3.63) is 56.5 Å². The van der Waals surface area contributed by atoms with Crippen LogP contribution >= 0.6 is 39.1 Å². The third kappa shape index (κ3) is 3.31. The van der Waals surface area contributed by atoms with Crippen molar-refractivity contribution in [2.24, 2.45) is 0 Å². The van der Waals surface area contributed by atoms with E-state index in [4.69, 9.17) is 23.2 Å². The van der Waals surface area contributed by atoms with Crippen molar-refractivity contribution in [2.75, 3.05) is 5.32 Å². The predicted octanol–water partition coefficient (Wildman–Crippen LogP) is 5.07. The highest BCUT2D eigenvalue weighted by molar-refractivity contribution is 9.10. The van der Waals surface area contributed by atoms with E-state index in [0.29, 0.717) is 21.1 Å². The van der Waals surface area contributed by atoms with Crippen LogP contribution in [-0.4, -0.2) is 5.11 Å². The van der Waals surface area contributed by atoms with E-state index in [9.17, 15) is 5.11 Å². The van der Waals surface area contributed by atoms with Crippen molar-refractivity contribution in [1.29, 1.82) is 0 Å². The number of anilines is 1. The van der Waals surface area contributed by atoms with Crippen molar-refractivity contribution in [1.82, 2.24) is 0 Å². The predicted molar refractivity (Wildman–Crippen MR) is 79.6 cm³/mol. The van der Waals surface area contributed by atoms with Crippen molar-refractivity contribution in [2.45, 2.75) is 6.54 Å². The Morgan fingerprint density at radius 1 is 1.11 bits per heavy atom. The molecule has 0 spiro atoms. The third-order valence-corrected chi connectivity index (χ3v) is 3.49. The SMILES string of the molecule is Oc1c(Br)cccc1CNc1cc(Cl)cc(Cl)c1. The number of benzene rings is 2. The van der Waals surface area contributed by atoms with E-state index < -0.39 is 0 Å². The van der Waals surface area contributed by atoms with Crippen LogP contribution in [0.4, 0.5) is 5.69 Å². The number of phenols is 1. The summed E-state index contributed by atoms with van der Waals surface area (Å²) in [6.07, 6.45) is 0. The summed E-state index contributed by atoms with van der Waals surface area (Å²) in [4.78, 5) is 0. The second-order valence-electron chi connectivity index (χ2n) is 3.76. The van der Waals surface area contributed by atoms with Crippen molar-refractivity contribution < 1.29 is 5.11 Å². The lowest BCUT2D eigenvalue weighted by atomic mass is 10.2. The quantitative estimate of drug-likeness (QED) is 0.812. The van der Waals surface area contributed by atoms with Gasteiger partial charge in [-0.2, -0.15) is 0 Å². The van der Waals surface area contributed by atoms with Crippen LogP contribution in [0.1, 0.15) is 5.56 Å². The molecule has 0 aromatic heterocycles. The van der Waals surface area contributed by atoms with Crippen molar-refractivity contribution in [3.8, 4) is 5.75 Å². The summed E-state index contributed by atoms with van der Waals surface area (Å²) >= 11 is 15.1. The van der Waals surface area contributed by atoms with Gasteiger partial charge in [0.2, 0.25) is 0 Å².